The van der Waals surface area contributed by atoms with Gasteiger partial charge in [0, 0.05) is 35.6 Å². The molecule has 1 heterocycles. The number of alkyl halides is 1. The van der Waals surface area contributed by atoms with Crippen molar-refractivity contribution in [3.8, 4) is 0 Å². The normalized spacial score (nSPS) is 25.2. The van der Waals surface area contributed by atoms with Gasteiger partial charge in [0.25, 0.3) is 0 Å². The molecule has 0 bridgehead atoms. The molecule has 2 unspecified atom stereocenters. The van der Waals surface area contributed by atoms with E-state index in [0.717, 1.165) is 30.7 Å². The second kappa shape index (κ2) is 7.53. The molecule has 0 amide bonds. The van der Waals surface area contributed by atoms with Crippen LogP contribution < -0.4 is 0 Å². The van der Waals surface area contributed by atoms with Crippen molar-refractivity contribution in [2.75, 3.05) is 30.7 Å². The molecule has 18 heavy (non-hydrogen) atoms. The summed E-state index contributed by atoms with van der Waals surface area (Å²) in [6.07, 6.45) is 0.693. The topological polar surface area (TPSA) is 12.5 Å². The third kappa shape index (κ3) is 4.57. The molecule has 1 aliphatic heterocycles. The van der Waals surface area contributed by atoms with Crippen molar-refractivity contribution in [3.63, 3.8) is 0 Å². The van der Waals surface area contributed by atoms with Crippen molar-refractivity contribution >= 4 is 27.7 Å². The molecule has 0 N–H and O–H groups in total. The SMILES string of the molecule is CC1CN(CCSc2ccccc2)CC(CBr)O1. The van der Waals surface area contributed by atoms with E-state index in [1.807, 2.05) is 11.8 Å². The largest absolute Gasteiger partial charge is 0.372 e. The summed E-state index contributed by atoms with van der Waals surface area (Å²) in [5, 5.41) is 0.930. The summed E-state index contributed by atoms with van der Waals surface area (Å²) >= 11 is 5.44. The van der Waals surface area contributed by atoms with Gasteiger partial charge in [-0.05, 0) is 19.1 Å². The van der Waals surface area contributed by atoms with Gasteiger partial charge in [0.2, 0.25) is 0 Å². The van der Waals surface area contributed by atoms with Gasteiger partial charge in [-0.25, -0.2) is 0 Å². The lowest BCUT2D eigenvalue weighted by atomic mass is 10.2. The number of ether oxygens (including phenoxy) is 1. The lowest BCUT2D eigenvalue weighted by Gasteiger charge is -2.36. The van der Waals surface area contributed by atoms with Gasteiger partial charge in [0.05, 0.1) is 12.2 Å². The zero-order valence-corrected chi connectivity index (χ0v) is 13.1. The van der Waals surface area contributed by atoms with Crippen molar-refractivity contribution in [3.05, 3.63) is 30.3 Å². The first kappa shape index (κ1) is 14.4. The average molecular weight is 330 g/mol. The van der Waals surface area contributed by atoms with Crippen LogP contribution in [0.3, 0.4) is 0 Å². The number of thioether (sulfide) groups is 1. The van der Waals surface area contributed by atoms with Crippen molar-refractivity contribution < 1.29 is 4.74 Å². The van der Waals surface area contributed by atoms with E-state index in [-0.39, 0.29) is 0 Å². The number of nitrogens with zero attached hydrogens (tertiary/aromatic N) is 1. The average Bonchev–Trinajstić information content (AvgIpc) is 2.39. The first-order valence-electron chi connectivity index (χ1n) is 6.39. The summed E-state index contributed by atoms with van der Waals surface area (Å²) in [5.74, 6) is 1.14. The van der Waals surface area contributed by atoms with Gasteiger partial charge >= 0.3 is 0 Å². The maximum absolute atomic E-state index is 5.83. The molecule has 0 aliphatic carbocycles. The molecule has 0 spiro atoms. The molecule has 2 atom stereocenters. The van der Waals surface area contributed by atoms with Gasteiger partial charge in [-0.2, -0.15) is 0 Å². The highest BCUT2D eigenvalue weighted by Gasteiger charge is 2.23. The lowest BCUT2D eigenvalue weighted by Crippen LogP contribution is -2.47. The Morgan fingerprint density at radius 2 is 2.11 bits per heavy atom. The van der Waals surface area contributed by atoms with Crippen LogP contribution in [0.15, 0.2) is 35.2 Å². The number of benzene rings is 1. The molecule has 2 rings (SSSR count). The zero-order valence-electron chi connectivity index (χ0n) is 10.7. The molecule has 1 saturated heterocycles. The molecule has 2 nitrogen and oxygen atoms in total. The second-order valence-corrected chi connectivity index (χ2v) is 6.46. The molecule has 100 valence electrons. The monoisotopic (exact) mass is 329 g/mol. The highest BCUT2D eigenvalue weighted by molar-refractivity contribution is 9.09. The van der Waals surface area contributed by atoms with E-state index < -0.39 is 0 Å². The van der Waals surface area contributed by atoms with Crippen LogP contribution in [0.25, 0.3) is 0 Å². The van der Waals surface area contributed by atoms with Gasteiger partial charge in [-0.1, -0.05) is 34.1 Å². The Hall–Kier alpha value is -0.0300. The van der Waals surface area contributed by atoms with E-state index in [2.05, 4.69) is 58.1 Å². The van der Waals surface area contributed by atoms with Crippen LogP contribution in [-0.4, -0.2) is 47.8 Å². The van der Waals surface area contributed by atoms with Gasteiger partial charge in [0.15, 0.2) is 0 Å². The first-order chi connectivity index (χ1) is 8.78. The molecular weight excluding hydrogens is 310 g/mol. The Morgan fingerprint density at radius 1 is 1.33 bits per heavy atom. The van der Waals surface area contributed by atoms with Crippen LogP contribution in [0.2, 0.25) is 0 Å². The van der Waals surface area contributed by atoms with Crippen LogP contribution >= 0.6 is 27.7 Å². The predicted molar refractivity (Wildman–Crippen MR) is 81.7 cm³/mol. The summed E-state index contributed by atoms with van der Waals surface area (Å²) in [5.41, 5.74) is 0. The minimum atomic E-state index is 0.343. The van der Waals surface area contributed by atoms with Crippen LogP contribution in [0.5, 0.6) is 0 Å². The third-order valence-corrected chi connectivity index (χ3v) is 4.71. The van der Waals surface area contributed by atoms with Crippen LogP contribution in [0.1, 0.15) is 6.92 Å². The Balaban J connectivity index is 1.73. The smallest absolute Gasteiger partial charge is 0.0802 e. The van der Waals surface area contributed by atoms with Crippen molar-refractivity contribution in [2.24, 2.45) is 0 Å². The lowest BCUT2D eigenvalue weighted by molar-refractivity contribution is -0.0633. The Bertz CT molecular complexity index is 349. The summed E-state index contributed by atoms with van der Waals surface area (Å²) in [7, 11) is 0. The molecule has 0 saturated carbocycles. The maximum atomic E-state index is 5.83. The fourth-order valence-corrected chi connectivity index (χ4v) is 3.51. The zero-order chi connectivity index (χ0) is 12.8. The third-order valence-electron chi connectivity index (χ3n) is 2.99. The number of hydrogen-bond donors (Lipinski definition) is 0. The predicted octanol–water partition coefficient (Wildman–Crippen LogP) is 3.26. The van der Waals surface area contributed by atoms with Crippen molar-refractivity contribution in [1.29, 1.82) is 0 Å². The molecule has 0 aromatic heterocycles. The van der Waals surface area contributed by atoms with Crippen LogP contribution in [-0.2, 0) is 4.74 Å². The fraction of sp³-hybridized carbons (Fsp3) is 0.571. The molecule has 1 fully saturated rings. The highest BCUT2D eigenvalue weighted by atomic mass is 79.9. The van der Waals surface area contributed by atoms with E-state index in [4.69, 9.17) is 4.74 Å². The summed E-state index contributed by atoms with van der Waals surface area (Å²) < 4.78 is 5.83. The van der Waals surface area contributed by atoms with E-state index in [9.17, 15) is 0 Å². The van der Waals surface area contributed by atoms with Crippen LogP contribution in [0, 0.1) is 0 Å². The number of halogens is 1. The van der Waals surface area contributed by atoms with E-state index in [0.29, 0.717) is 12.2 Å². The number of rotatable bonds is 5. The standard InChI is InChI=1S/C14H20BrNOS/c1-12-10-16(11-13(9-15)17-12)7-8-18-14-5-3-2-4-6-14/h2-6,12-13H,7-11H2,1H3. The van der Waals surface area contributed by atoms with E-state index in [1.165, 1.54) is 4.90 Å². The van der Waals surface area contributed by atoms with E-state index >= 15 is 0 Å². The van der Waals surface area contributed by atoms with Crippen molar-refractivity contribution in [1.82, 2.24) is 4.90 Å². The summed E-state index contributed by atoms with van der Waals surface area (Å²) in [6, 6.07) is 10.6. The van der Waals surface area contributed by atoms with Crippen LogP contribution in [0.4, 0.5) is 0 Å². The Kier molecular flexibility index (Phi) is 6.02. The molecule has 1 aromatic rings. The minimum absolute atomic E-state index is 0.343. The van der Waals surface area contributed by atoms with Gasteiger partial charge in [-0.15, -0.1) is 11.8 Å². The first-order valence-corrected chi connectivity index (χ1v) is 8.50. The highest BCUT2D eigenvalue weighted by Crippen LogP contribution is 2.18. The molecule has 1 aliphatic rings. The number of hydrogen-bond acceptors (Lipinski definition) is 3. The molecule has 4 heteroatoms. The second-order valence-electron chi connectivity index (χ2n) is 4.64. The van der Waals surface area contributed by atoms with Gasteiger partial charge in [-0.3, -0.25) is 4.90 Å². The van der Waals surface area contributed by atoms with Gasteiger partial charge < -0.3 is 4.74 Å². The summed E-state index contributed by atoms with van der Waals surface area (Å²) in [4.78, 5) is 3.87. The van der Waals surface area contributed by atoms with E-state index in [1.54, 1.807) is 0 Å². The fourth-order valence-electron chi connectivity index (χ4n) is 2.22. The Labute approximate surface area is 122 Å². The maximum Gasteiger partial charge on any atom is 0.0802 e. The number of morpholine rings is 1. The minimum Gasteiger partial charge on any atom is -0.372 e. The van der Waals surface area contributed by atoms with Crippen molar-refractivity contribution in [2.45, 2.75) is 24.0 Å². The molecule has 1 aromatic carbocycles. The molecular formula is C14H20BrNOS. The quantitative estimate of drug-likeness (QED) is 0.607. The Morgan fingerprint density at radius 3 is 2.83 bits per heavy atom. The summed E-state index contributed by atoms with van der Waals surface area (Å²) in [6.45, 7) is 5.40. The molecule has 0 radical (unpaired) electrons. The van der Waals surface area contributed by atoms with Gasteiger partial charge in [0.1, 0.15) is 0 Å².